The lowest BCUT2D eigenvalue weighted by Crippen LogP contribution is -2.41. The third-order valence-corrected chi connectivity index (χ3v) is 5.73. The normalized spacial score (nSPS) is 14.8. The number of fused-ring (bicyclic) bond motifs is 1. The zero-order valence-corrected chi connectivity index (χ0v) is 18.7. The van der Waals surface area contributed by atoms with Gasteiger partial charge in [-0.25, -0.2) is 4.98 Å². The summed E-state index contributed by atoms with van der Waals surface area (Å²) in [5.41, 5.74) is 2.27. The number of aromatic nitrogens is 2. The fourth-order valence-corrected chi connectivity index (χ4v) is 4.01. The monoisotopic (exact) mass is 460 g/mol. The molecule has 3 aromatic rings. The lowest BCUT2D eigenvalue weighted by molar-refractivity contribution is -0.125. The second-order valence-electron chi connectivity index (χ2n) is 8.12. The highest BCUT2D eigenvalue weighted by molar-refractivity contribution is 6.34. The third kappa shape index (κ3) is 4.69. The van der Waals surface area contributed by atoms with Crippen LogP contribution in [0.3, 0.4) is 0 Å². The molecule has 4 rings (SSSR count). The van der Waals surface area contributed by atoms with Crippen LogP contribution in [0, 0.1) is 0 Å². The summed E-state index contributed by atoms with van der Waals surface area (Å²) in [6.07, 6.45) is 0.210. The van der Waals surface area contributed by atoms with Gasteiger partial charge in [-0.2, -0.15) is 0 Å². The van der Waals surface area contributed by atoms with Gasteiger partial charge in [0.15, 0.2) is 0 Å². The summed E-state index contributed by atoms with van der Waals surface area (Å²) in [5, 5.41) is 3.88. The number of amides is 2. The van der Waals surface area contributed by atoms with Gasteiger partial charge in [0.05, 0.1) is 28.4 Å². The number of ether oxygens (including phenoxy) is 1. The molecule has 2 N–H and O–H groups in total. The van der Waals surface area contributed by atoms with E-state index in [1.54, 1.807) is 35.2 Å². The fourth-order valence-electron chi connectivity index (χ4n) is 3.57. The molecule has 1 aliphatic rings. The second kappa shape index (κ2) is 8.49. The number of nitrogens with one attached hydrogen (secondary N) is 2. The zero-order valence-electron chi connectivity index (χ0n) is 17.2. The highest BCUT2D eigenvalue weighted by Crippen LogP contribution is 2.31. The first-order valence-corrected chi connectivity index (χ1v) is 10.6. The van der Waals surface area contributed by atoms with Gasteiger partial charge in [0, 0.05) is 29.1 Å². The maximum atomic E-state index is 12.7. The number of H-pyrrole nitrogens is 1. The van der Waals surface area contributed by atoms with Crippen LogP contribution in [-0.4, -0.2) is 41.5 Å². The third-order valence-electron chi connectivity index (χ3n) is 5.20. The summed E-state index contributed by atoms with van der Waals surface area (Å²) in [6.45, 7) is 4.85. The molecule has 2 heterocycles. The van der Waals surface area contributed by atoms with E-state index in [-0.39, 0.29) is 24.8 Å². The molecule has 0 unspecified atom stereocenters. The first-order valence-electron chi connectivity index (χ1n) is 9.86. The number of rotatable bonds is 5. The van der Waals surface area contributed by atoms with Crippen molar-refractivity contribution in [3.05, 3.63) is 52.3 Å². The van der Waals surface area contributed by atoms with Crippen LogP contribution in [0.1, 0.15) is 26.1 Å². The first kappa shape index (κ1) is 21.6. The van der Waals surface area contributed by atoms with Crippen molar-refractivity contribution in [3.63, 3.8) is 0 Å². The number of hydrogen-bond acceptors (Lipinski definition) is 4. The number of benzene rings is 2. The van der Waals surface area contributed by atoms with Gasteiger partial charge < -0.3 is 19.9 Å². The summed E-state index contributed by atoms with van der Waals surface area (Å²) >= 11 is 12.4. The number of carbonyl (C=O) groups excluding carboxylic acids is 2. The Hall–Kier alpha value is -2.61. The van der Waals surface area contributed by atoms with E-state index in [0.29, 0.717) is 40.4 Å². The summed E-state index contributed by atoms with van der Waals surface area (Å²) in [5.74, 6) is 0.396. The van der Waals surface area contributed by atoms with E-state index >= 15 is 0 Å². The number of halogens is 2. The molecule has 2 amide bonds. The molecule has 1 saturated heterocycles. The van der Waals surface area contributed by atoms with Gasteiger partial charge in [0.1, 0.15) is 12.4 Å². The largest absolute Gasteiger partial charge is 0.370 e. The van der Waals surface area contributed by atoms with Crippen molar-refractivity contribution in [1.82, 2.24) is 9.97 Å². The average molecular weight is 461 g/mol. The van der Waals surface area contributed by atoms with E-state index < -0.39 is 5.41 Å². The molecule has 1 aliphatic heterocycles. The summed E-state index contributed by atoms with van der Waals surface area (Å²) in [4.78, 5) is 34.2. The van der Waals surface area contributed by atoms with Crippen LogP contribution in [0.25, 0.3) is 11.0 Å². The minimum Gasteiger partial charge on any atom is -0.370 e. The Morgan fingerprint density at radius 3 is 2.81 bits per heavy atom. The Bertz CT molecular complexity index is 1160. The molecule has 0 aliphatic carbocycles. The van der Waals surface area contributed by atoms with E-state index in [9.17, 15) is 9.59 Å². The van der Waals surface area contributed by atoms with E-state index in [1.807, 2.05) is 19.9 Å². The van der Waals surface area contributed by atoms with E-state index in [1.165, 1.54) is 0 Å². The van der Waals surface area contributed by atoms with Gasteiger partial charge in [-0.05, 0) is 36.4 Å². The van der Waals surface area contributed by atoms with E-state index in [2.05, 4.69) is 15.3 Å². The summed E-state index contributed by atoms with van der Waals surface area (Å²) < 4.78 is 5.15. The lowest BCUT2D eigenvalue weighted by Gasteiger charge is -2.27. The van der Waals surface area contributed by atoms with Crippen molar-refractivity contribution < 1.29 is 14.3 Å². The van der Waals surface area contributed by atoms with Crippen LogP contribution in [0.15, 0.2) is 36.4 Å². The Balaban J connectivity index is 1.46. The topological polar surface area (TPSA) is 87.3 Å². The standard InChI is InChI=1S/C22H22Cl2N4O3/c1-22(2,21-26-16-5-3-13(23)9-17(16)27-21)11-19(29)25-14-4-6-18(15(24)10-14)28-7-8-31-12-20(28)30/h3-6,9-10H,7-8,11-12H2,1-2H3,(H,25,29)(H,26,27). The van der Waals surface area contributed by atoms with Gasteiger partial charge in [-0.1, -0.05) is 37.0 Å². The van der Waals surface area contributed by atoms with Crippen LogP contribution in [0.4, 0.5) is 11.4 Å². The van der Waals surface area contributed by atoms with E-state index in [4.69, 9.17) is 27.9 Å². The van der Waals surface area contributed by atoms with Crippen LogP contribution in [0.2, 0.25) is 10.0 Å². The molecule has 0 atom stereocenters. The maximum absolute atomic E-state index is 12.7. The molecule has 9 heteroatoms. The second-order valence-corrected chi connectivity index (χ2v) is 8.96. The van der Waals surface area contributed by atoms with Gasteiger partial charge in [-0.3, -0.25) is 9.59 Å². The minimum atomic E-state index is -0.528. The number of nitrogens with zero attached hydrogens (tertiary/aromatic N) is 2. The van der Waals surface area contributed by atoms with Gasteiger partial charge in [0.25, 0.3) is 5.91 Å². The molecule has 31 heavy (non-hydrogen) atoms. The van der Waals surface area contributed by atoms with Crippen molar-refractivity contribution in [3.8, 4) is 0 Å². The zero-order chi connectivity index (χ0) is 22.2. The summed E-state index contributed by atoms with van der Waals surface area (Å²) in [6, 6.07) is 10.6. The molecule has 0 saturated carbocycles. The molecule has 1 aromatic heterocycles. The molecule has 1 fully saturated rings. The molecular formula is C22H22Cl2N4O3. The van der Waals surface area contributed by atoms with Gasteiger partial charge in [-0.15, -0.1) is 0 Å². The van der Waals surface area contributed by atoms with Gasteiger partial charge >= 0.3 is 0 Å². The predicted octanol–water partition coefficient (Wildman–Crippen LogP) is 4.54. The average Bonchev–Trinajstić information content (AvgIpc) is 3.13. The molecule has 162 valence electrons. The minimum absolute atomic E-state index is 0.0396. The van der Waals surface area contributed by atoms with Crippen LogP contribution in [0.5, 0.6) is 0 Å². The molecule has 0 radical (unpaired) electrons. The van der Waals surface area contributed by atoms with Crippen LogP contribution < -0.4 is 10.2 Å². The van der Waals surface area contributed by atoms with Gasteiger partial charge in [0.2, 0.25) is 5.91 Å². The fraction of sp³-hybridized carbons (Fsp3) is 0.318. The summed E-state index contributed by atoms with van der Waals surface area (Å²) in [7, 11) is 0. The van der Waals surface area contributed by atoms with Crippen molar-refractivity contribution in [2.45, 2.75) is 25.7 Å². The molecular weight excluding hydrogens is 439 g/mol. The highest BCUT2D eigenvalue weighted by Gasteiger charge is 2.28. The number of anilines is 2. The Kier molecular flexibility index (Phi) is 5.92. The van der Waals surface area contributed by atoms with Crippen LogP contribution in [-0.2, 0) is 19.7 Å². The number of carbonyl (C=O) groups is 2. The maximum Gasteiger partial charge on any atom is 0.253 e. The molecule has 0 bridgehead atoms. The molecule has 0 spiro atoms. The SMILES string of the molecule is CC(C)(CC(=O)Nc1ccc(N2CCOCC2=O)c(Cl)c1)c1nc2cc(Cl)ccc2[nH]1. The number of hydrogen-bond donors (Lipinski definition) is 2. The van der Waals surface area contributed by atoms with Crippen molar-refractivity contribution in [1.29, 1.82) is 0 Å². The van der Waals surface area contributed by atoms with Crippen molar-refractivity contribution in [2.75, 3.05) is 30.0 Å². The quantitative estimate of drug-likeness (QED) is 0.584. The number of morpholine rings is 1. The Morgan fingerprint density at radius 1 is 1.26 bits per heavy atom. The van der Waals surface area contributed by atoms with E-state index in [0.717, 1.165) is 11.0 Å². The first-order chi connectivity index (χ1) is 14.7. The molecule has 2 aromatic carbocycles. The Morgan fingerprint density at radius 2 is 2.06 bits per heavy atom. The number of imidazole rings is 1. The van der Waals surface area contributed by atoms with Crippen molar-refractivity contribution in [2.24, 2.45) is 0 Å². The van der Waals surface area contributed by atoms with Crippen molar-refractivity contribution >= 4 is 57.4 Å². The predicted molar refractivity (Wildman–Crippen MR) is 122 cm³/mol. The molecule has 7 nitrogen and oxygen atoms in total. The lowest BCUT2D eigenvalue weighted by atomic mass is 9.88. The highest BCUT2D eigenvalue weighted by atomic mass is 35.5. The van der Waals surface area contributed by atoms with Crippen LogP contribution >= 0.6 is 23.2 Å². The Labute approximate surface area is 189 Å². The number of aromatic amines is 1. The smallest absolute Gasteiger partial charge is 0.253 e.